The van der Waals surface area contributed by atoms with Gasteiger partial charge in [-0.05, 0) is 29.5 Å². The Labute approximate surface area is 149 Å². The highest BCUT2D eigenvalue weighted by Crippen LogP contribution is 2.18. The average molecular weight is 381 g/mol. The highest BCUT2D eigenvalue weighted by molar-refractivity contribution is 6.94. The molecule has 9 heteroatoms. The van der Waals surface area contributed by atoms with Gasteiger partial charge in [0.1, 0.15) is 0 Å². The molecule has 0 aliphatic carbocycles. The SMILES string of the molecule is CO[Si](OC)(O[Si](CO)(CO)c1ccc(N)cc1)c1cccc(N)c1. The smallest absolute Gasteiger partial charge is 0.404 e. The van der Waals surface area contributed by atoms with Crippen LogP contribution in [0.4, 0.5) is 11.4 Å². The van der Waals surface area contributed by atoms with Crippen LogP contribution in [0.5, 0.6) is 0 Å². The van der Waals surface area contributed by atoms with Crippen LogP contribution >= 0.6 is 0 Å². The molecule has 0 spiro atoms. The van der Waals surface area contributed by atoms with Crippen molar-refractivity contribution in [1.82, 2.24) is 0 Å². The topological polar surface area (TPSA) is 120 Å². The molecule has 136 valence electrons. The maximum atomic E-state index is 10.1. The second-order valence-corrected chi connectivity index (χ2v) is 12.1. The van der Waals surface area contributed by atoms with Crippen LogP contribution in [0.1, 0.15) is 0 Å². The molecular weight excluding hydrogens is 356 g/mol. The van der Waals surface area contributed by atoms with Crippen LogP contribution in [-0.4, -0.2) is 54.0 Å². The number of aliphatic hydroxyl groups is 2. The standard InChI is InChI=1S/C16H24N2O5Si2/c1-21-25(22-2,16-5-3-4-14(18)10-16)23-24(11-19,12-20)15-8-6-13(17)7-9-15/h3-10,19-20H,11-12,17-18H2,1-2H3. The molecule has 2 aromatic rings. The first-order valence-electron chi connectivity index (χ1n) is 7.69. The summed E-state index contributed by atoms with van der Waals surface area (Å²) in [5, 5.41) is 21.5. The number of aliphatic hydroxyl groups excluding tert-OH is 2. The minimum atomic E-state index is -3.39. The van der Waals surface area contributed by atoms with E-state index >= 15 is 0 Å². The number of rotatable bonds is 8. The van der Waals surface area contributed by atoms with Gasteiger partial charge in [0.2, 0.25) is 0 Å². The van der Waals surface area contributed by atoms with Crippen molar-refractivity contribution in [2.75, 3.05) is 38.1 Å². The molecule has 6 N–H and O–H groups in total. The summed E-state index contributed by atoms with van der Waals surface area (Å²) in [5.74, 6) is 0. The monoisotopic (exact) mass is 380 g/mol. The van der Waals surface area contributed by atoms with Gasteiger partial charge in [-0.1, -0.05) is 24.3 Å². The minimum Gasteiger partial charge on any atom is -0.404 e. The van der Waals surface area contributed by atoms with E-state index in [0.717, 1.165) is 0 Å². The Kier molecular flexibility index (Phi) is 6.35. The Hall–Kier alpha value is -1.73. The minimum absolute atomic E-state index is 0.336. The molecule has 25 heavy (non-hydrogen) atoms. The van der Waals surface area contributed by atoms with E-state index < -0.39 is 17.1 Å². The third-order valence-electron chi connectivity index (χ3n) is 4.05. The summed E-state index contributed by atoms with van der Waals surface area (Å²) >= 11 is 0. The number of benzene rings is 2. The Morgan fingerprint density at radius 1 is 0.840 bits per heavy atom. The fraction of sp³-hybridized carbons (Fsp3) is 0.250. The Morgan fingerprint density at radius 3 is 1.92 bits per heavy atom. The van der Waals surface area contributed by atoms with Gasteiger partial charge in [-0.3, -0.25) is 0 Å². The van der Waals surface area contributed by atoms with Gasteiger partial charge in [0.25, 0.3) is 8.32 Å². The third-order valence-corrected chi connectivity index (χ3v) is 11.2. The normalized spacial score (nSPS) is 12.3. The van der Waals surface area contributed by atoms with Crippen LogP contribution in [0, 0.1) is 0 Å². The largest absolute Gasteiger partial charge is 0.526 e. The zero-order chi connectivity index (χ0) is 18.5. The fourth-order valence-electron chi connectivity index (χ4n) is 2.59. The van der Waals surface area contributed by atoms with E-state index in [1.807, 2.05) is 0 Å². The number of nitrogens with two attached hydrogens (primary N) is 2. The number of hydrogen-bond acceptors (Lipinski definition) is 7. The average Bonchev–Trinajstić information content (AvgIpc) is 2.65. The van der Waals surface area contributed by atoms with E-state index in [9.17, 15) is 10.2 Å². The molecule has 0 fully saturated rings. The van der Waals surface area contributed by atoms with Gasteiger partial charge in [0.05, 0.1) is 12.5 Å². The van der Waals surface area contributed by atoms with E-state index in [1.165, 1.54) is 14.2 Å². The van der Waals surface area contributed by atoms with Crippen LogP contribution in [0.2, 0.25) is 0 Å². The van der Waals surface area contributed by atoms with E-state index in [-0.39, 0.29) is 12.5 Å². The molecule has 0 bridgehead atoms. The lowest BCUT2D eigenvalue weighted by Crippen LogP contribution is -2.69. The van der Waals surface area contributed by atoms with Gasteiger partial charge in [-0.15, -0.1) is 0 Å². The number of nitrogen functional groups attached to an aromatic ring is 2. The van der Waals surface area contributed by atoms with Gasteiger partial charge < -0.3 is 34.6 Å². The zero-order valence-electron chi connectivity index (χ0n) is 14.3. The summed E-state index contributed by atoms with van der Waals surface area (Å²) in [5.41, 5.74) is 12.7. The fourth-order valence-corrected chi connectivity index (χ4v) is 9.30. The molecule has 0 saturated carbocycles. The molecular formula is C16H24N2O5Si2. The van der Waals surface area contributed by atoms with E-state index in [0.29, 0.717) is 21.7 Å². The Balaban J connectivity index is 2.52. The molecule has 0 aliphatic rings. The van der Waals surface area contributed by atoms with Crippen molar-refractivity contribution in [2.45, 2.75) is 0 Å². The van der Waals surface area contributed by atoms with E-state index in [1.54, 1.807) is 48.5 Å². The molecule has 0 saturated heterocycles. The first kappa shape index (κ1) is 19.6. The second kappa shape index (κ2) is 8.10. The quantitative estimate of drug-likeness (QED) is 0.350. The summed E-state index contributed by atoms with van der Waals surface area (Å²) < 4.78 is 17.6. The Bertz CT molecular complexity index is 691. The van der Waals surface area contributed by atoms with Crippen molar-refractivity contribution >= 4 is 38.9 Å². The first-order chi connectivity index (χ1) is 11.9. The van der Waals surface area contributed by atoms with Crippen molar-refractivity contribution in [3.63, 3.8) is 0 Å². The summed E-state index contributed by atoms with van der Waals surface area (Å²) in [6, 6.07) is 13.9. The molecule has 2 aromatic carbocycles. The van der Waals surface area contributed by atoms with E-state index in [4.69, 9.17) is 24.4 Å². The molecule has 0 heterocycles. The maximum Gasteiger partial charge on any atom is 0.526 e. The maximum absolute atomic E-state index is 10.1. The number of hydrogen-bond donors (Lipinski definition) is 4. The number of anilines is 2. The first-order valence-corrected chi connectivity index (χ1v) is 11.7. The van der Waals surface area contributed by atoms with Crippen LogP contribution in [0.15, 0.2) is 48.5 Å². The lowest BCUT2D eigenvalue weighted by molar-refractivity contribution is 0.163. The molecule has 0 aromatic heterocycles. The van der Waals surface area contributed by atoms with E-state index in [2.05, 4.69) is 0 Å². The second-order valence-electron chi connectivity index (χ2n) is 5.62. The van der Waals surface area contributed by atoms with Gasteiger partial charge in [-0.2, -0.15) is 0 Å². The predicted octanol–water partition coefficient (Wildman–Crippen LogP) is -0.778. The van der Waals surface area contributed by atoms with Gasteiger partial charge in [0.15, 0.2) is 0 Å². The molecule has 2 rings (SSSR count). The van der Waals surface area contributed by atoms with Crippen molar-refractivity contribution in [3.05, 3.63) is 48.5 Å². The molecule has 0 unspecified atom stereocenters. The van der Waals surface area contributed by atoms with Crippen LogP contribution in [-0.2, 0) is 13.0 Å². The highest BCUT2D eigenvalue weighted by atomic mass is 28.5. The molecule has 0 amide bonds. The third kappa shape index (κ3) is 3.93. The zero-order valence-corrected chi connectivity index (χ0v) is 16.3. The van der Waals surface area contributed by atoms with Crippen molar-refractivity contribution in [3.8, 4) is 0 Å². The van der Waals surface area contributed by atoms with Crippen LogP contribution in [0.25, 0.3) is 0 Å². The summed E-state index contributed by atoms with van der Waals surface area (Å²) in [6.07, 6.45) is -0.672. The van der Waals surface area contributed by atoms with Gasteiger partial charge in [0, 0.05) is 30.8 Å². The molecule has 7 nitrogen and oxygen atoms in total. The molecule has 0 aliphatic heterocycles. The Morgan fingerprint density at radius 2 is 1.44 bits per heavy atom. The molecule has 0 radical (unpaired) electrons. The summed E-state index contributed by atoms with van der Waals surface area (Å²) in [4.78, 5) is 0. The summed E-state index contributed by atoms with van der Waals surface area (Å²) in [7, 11) is -3.62. The molecule has 0 atom stereocenters. The van der Waals surface area contributed by atoms with Crippen molar-refractivity contribution in [2.24, 2.45) is 0 Å². The summed E-state index contributed by atoms with van der Waals surface area (Å²) in [6.45, 7) is 0. The van der Waals surface area contributed by atoms with Gasteiger partial charge >= 0.3 is 8.80 Å². The highest BCUT2D eigenvalue weighted by Gasteiger charge is 2.51. The van der Waals surface area contributed by atoms with Crippen LogP contribution in [0.3, 0.4) is 0 Å². The van der Waals surface area contributed by atoms with Crippen molar-refractivity contribution in [1.29, 1.82) is 0 Å². The lowest BCUT2D eigenvalue weighted by Gasteiger charge is -2.37. The van der Waals surface area contributed by atoms with Crippen molar-refractivity contribution < 1.29 is 23.2 Å². The predicted molar refractivity (Wildman–Crippen MR) is 102 cm³/mol. The van der Waals surface area contributed by atoms with Crippen LogP contribution < -0.4 is 21.8 Å². The lowest BCUT2D eigenvalue weighted by atomic mass is 10.3. The van der Waals surface area contributed by atoms with Gasteiger partial charge in [-0.25, -0.2) is 0 Å².